The first-order chi connectivity index (χ1) is 13.7. The molecule has 2 N–H and O–H groups in total. The number of nitrogens with zero attached hydrogens (tertiary/aromatic N) is 2. The highest BCUT2D eigenvalue weighted by molar-refractivity contribution is 5.92. The van der Waals surface area contributed by atoms with Crippen LogP contribution >= 0.6 is 0 Å². The summed E-state index contributed by atoms with van der Waals surface area (Å²) in [6.07, 6.45) is -0.220. The number of imidazole rings is 1. The third-order valence-electron chi connectivity index (χ3n) is 5.13. The first-order valence-electron chi connectivity index (χ1n) is 9.43. The number of methoxy groups -OCH3 is 1. The van der Waals surface area contributed by atoms with Crippen molar-refractivity contribution < 1.29 is 13.9 Å². The van der Waals surface area contributed by atoms with Crippen molar-refractivity contribution in [1.29, 1.82) is 0 Å². The lowest BCUT2D eigenvalue weighted by Gasteiger charge is -2.26. The largest absolute Gasteiger partial charge is 0.495 e. The van der Waals surface area contributed by atoms with Crippen molar-refractivity contribution in [2.45, 2.75) is 19.0 Å². The molecule has 7 heteroatoms. The van der Waals surface area contributed by atoms with Crippen LogP contribution in [-0.2, 0) is 4.79 Å². The summed E-state index contributed by atoms with van der Waals surface area (Å²) in [6, 6.07) is 15.2. The Hall–Kier alpha value is -2.93. The van der Waals surface area contributed by atoms with Crippen molar-refractivity contribution in [2.75, 3.05) is 25.5 Å². The zero-order valence-electron chi connectivity index (χ0n) is 15.7. The van der Waals surface area contributed by atoms with Crippen LogP contribution in [0, 0.1) is 5.92 Å². The van der Waals surface area contributed by atoms with Gasteiger partial charge in [-0.15, -0.1) is 0 Å². The fraction of sp³-hybridized carbons (Fsp3) is 0.333. The van der Waals surface area contributed by atoms with E-state index in [2.05, 4.69) is 15.6 Å². The van der Waals surface area contributed by atoms with Crippen LogP contribution in [-0.4, -0.2) is 41.8 Å². The zero-order chi connectivity index (χ0) is 19.5. The molecule has 1 amide bonds. The molecule has 6 nitrogen and oxygen atoms in total. The number of amides is 1. The second kappa shape index (κ2) is 7.98. The second-order valence-corrected chi connectivity index (χ2v) is 6.95. The zero-order valence-corrected chi connectivity index (χ0v) is 15.7. The van der Waals surface area contributed by atoms with Gasteiger partial charge in [0.05, 0.1) is 23.8 Å². The van der Waals surface area contributed by atoms with Gasteiger partial charge in [0, 0.05) is 18.9 Å². The third kappa shape index (κ3) is 3.57. The van der Waals surface area contributed by atoms with Gasteiger partial charge in [0.2, 0.25) is 11.9 Å². The van der Waals surface area contributed by atoms with Crippen molar-refractivity contribution in [1.82, 2.24) is 14.9 Å². The number of hydrogen-bond acceptors (Lipinski definition) is 4. The number of carbonyl (C=O) groups excluding carboxylic acids is 1. The predicted molar refractivity (Wildman–Crippen MR) is 107 cm³/mol. The van der Waals surface area contributed by atoms with E-state index in [9.17, 15) is 9.18 Å². The smallest absolute Gasteiger partial charge is 0.227 e. The first-order valence-corrected chi connectivity index (χ1v) is 9.43. The summed E-state index contributed by atoms with van der Waals surface area (Å²) in [6.45, 7) is 1.04. The summed E-state index contributed by atoms with van der Waals surface area (Å²) in [5.41, 5.74) is 2.39. The number of alkyl halides is 1. The molecule has 1 saturated heterocycles. The van der Waals surface area contributed by atoms with E-state index < -0.39 is 6.17 Å². The van der Waals surface area contributed by atoms with Gasteiger partial charge in [0.15, 0.2) is 0 Å². The number of fused-ring (bicyclic) bond motifs is 1. The molecule has 2 atom stereocenters. The SMILES string of the molecule is COc1ccccc1-n1c(NC(=O)CC2CCNCC2F)nc2ccccc21. The average molecular weight is 382 g/mol. The molecule has 3 aromatic rings. The molecular weight excluding hydrogens is 359 g/mol. The maximum atomic E-state index is 14.1. The number of piperidine rings is 1. The first kappa shape index (κ1) is 18.4. The van der Waals surface area contributed by atoms with E-state index in [1.807, 2.05) is 53.1 Å². The number of carbonyl (C=O) groups is 1. The molecule has 0 aliphatic carbocycles. The van der Waals surface area contributed by atoms with Gasteiger partial charge in [-0.25, -0.2) is 9.37 Å². The van der Waals surface area contributed by atoms with Crippen LogP contribution in [0.3, 0.4) is 0 Å². The summed E-state index contributed by atoms with van der Waals surface area (Å²) < 4.78 is 21.4. The lowest BCUT2D eigenvalue weighted by Crippen LogP contribution is -2.39. The number of nitrogens with one attached hydrogen (secondary N) is 2. The normalized spacial score (nSPS) is 19.5. The standard InChI is InChI=1S/C21H23FN4O2/c1-28-19-9-5-4-8-18(19)26-17-7-3-2-6-16(17)24-21(26)25-20(27)12-14-10-11-23-13-15(14)22/h2-9,14-15,23H,10-13H2,1H3,(H,24,25,27). The molecule has 0 spiro atoms. The van der Waals surface area contributed by atoms with Crippen LogP contribution < -0.4 is 15.4 Å². The second-order valence-electron chi connectivity index (χ2n) is 6.95. The maximum absolute atomic E-state index is 14.1. The Morgan fingerprint density at radius 2 is 2.07 bits per heavy atom. The Kier molecular flexibility index (Phi) is 5.25. The highest BCUT2D eigenvalue weighted by Crippen LogP contribution is 2.31. The number of para-hydroxylation sites is 4. The van der Waals surface area contributed by atoms with E-state index in [1.54, 1.807) is 7.11 Å². The molecule has 0 bridgehead atoms. The number of aromatic nitrogens is 2. The molecule has 0 radical (unpaired) electrons. The highest BCUT2D eigenvalue weighted by Gasteiger charge is 2.27. The van der Waals surface area contributed by atoms with Crippen LogP contribution in [0.4, 0.5) is 10.3 Å². The van der Waals surface area contributed by atoms with E-state index in [0.29, 0.717) is 24.7 Å². The fourth-order valence-electron chi connectivity index (χ4n) is 3.69. The monoisotopic (exact) mass is 382 g/mol. The molecule has 2 heterocycles. The van der Waals surface area contributed by atoms with Gasteiger partial charge in [0.25, 0.3) is 0 Å². The predicted octanol–water partition coefficient (Wildman–Crippen LogP) is 3.31. The Morgan fingerprint density at radius 3 is 2.89 bits per heavy atom. The van der Waals surface area contributed by atoms with Gasteiger partial charge in [-0.1, -0.05) is 24.3 Å². The summed E-state index contributed by atoms with van der Waals surface area (Å²) in [7, 11) is 1.61. The van der Waals surface area contributed by atoms with E-state index in [4.69, 9.17) is 4.74 Å². The number of ether oxygens (including phenoxy) is 1. The molecule has 1 aromatic heterocycles. The lowest BCUT2D eigenvalue weighted by molar-refractivity contribution is -0.117. The Morgan fingerprint density at radius 1 is 1.29 bits per heavy atom. The van der Waals surface area contributed by atoms with E-state index >= 15 is 0 Å². The summed E-state index contributed by atoms with van der Waals surface area (Å²) in [4.78, 5) is 17.2. The number of halogens is 1. The van der Waals surface area contributed by atoms with Crippen molar-refractivity contribution in [3.8, 4) is 11.4 Å². The van der Waals surface area contributed by atoms with Crippen LogP contribution in [0.1, 0.15) is 12.8 Å². The molecule has 28 heavy (non-hydrogen) atoms. The molecule has 1 aliphatic rings. The quantitative estimate of drug-likeness (QED) is 0.710. The van der Waals surface area contributed by atoms with Gasteiger partial charge in [-0.2, -0.15) is 0 Å². The highest BCUT2D eigenvalue weighted by atomic mass is 19.1. The summed E-state index contributed by atoms with van der Waals surface area (Å²) in [5, 5.41) is 5.90. The van der Waals surface area contributed by atoms with E-state index in [1.165, 1.54) is 0 Å². The topological polar surface area (TPSA) is 68.2 Å². The number of anilines is 1. The molecule has 2 aromatic carbocycles. The molecule has 2 unspecified atom stereocenters. The van der Waals surface area contributed by atoms with Gasteiger partial charge in [0.1, 0.15) is 11.9 Å². The molecule has 4 rings (SSSR count). The Balaban J connectivity index is 1.68. The molecule has 1 fully saturated rings. The molecule has 1 aliphatic heterocycles. The van der Waals surface area contributed by atoms with Gasteiger partial charge < -0.3 is 10.1 Å². The Labute approximate surface area is 162 Å². The minimum atomic E-state index is -1.01. The van der Waals surface area contributed by atoms with Crippen molar-refractivity contribution in [3.05, 3.63) is 48.5 Å². The van der Waals surface area contributed by atoms with Crippen molar-refractivity contribution in [3.63, 3.8) is 0 Å². The Bertz CT molecular complexity index is 987. The molecule has 0 saturated carbocycles. The molecular formula is C21H23FN4O2. The van der Waals surface area contributed by atoms with Gasteiger partial charge >= 0.3 is 0 Å². The van der Waals surface area contributed by atoms with Gasteiger partial charge in [-0.3, -0.25) is 14.7 Å². The van der Waals surface area contributed by atoms with Crippen LogP contribution in [0.15, 0.2) is 48.5 Å². The maximum Gasteiger partial charge on any atom is 0.227 e. The third-order valence-corrected chi connectivity index (χ3v) is 5.13. The van der Waals surface area contributed by atoms with Gasteiger partial charge in [-0.05, 0) is 37.2 Å². The van der Waals surface area contributed by atoms with E-state index in [-0.39, 0.29) is 18.2 Å². The minimum absolute atomic E-state index is 0.137. The van der Waals surface area contributed by atoms with Crippen molar-refractivity contribution >= 4 is 22.9 Å². The lowest BCUT2D eigenvalue weighted by atomic mass is 9.92. The summed E-state index contributed by atoms with van der Waals surface area (Å²) in [5.74, 6) is 0.565. The van der Waals surface area contributed by atoms with Crippen molar-refractivity contribution in [2.24, 2.45) is 5.92 Å². The summed E-state index contributed by atoms with van der Waals surface area (Å²) >= 11 is 0. The van der Waals surface area contributed by atoms with Crippen LogP contribution in [0.25, 0.3) is 16.7 Å². The van der Waals surface area contributed by atoms with Crippen LogP contribution in [0.5, 0.6) is 5.75 Å². The fourth-order valence-corrected chi connectivity index (χ4v) is 3.69. The number of hydrogen-bond donors (Lipinski definition) is 2. The average Bonchev–Trinajstić information content (AvgIpc) is 3.07. The number of rotatable bonds is 5. The number of benzene rings is 2. The van der Waals surface area contributed by atoms with Crippen LogP contribution in [0.2, 0.25) is 0 Å². The van der Waals surface area contributed by atoms with E-state index in [0.717, 1.165) is 23.3 Å². The minimum Gasteiger partial charge on any atom is -0.495 e. The molecule has 146 valence electrons.